The molecule has 3 fully saturated rings. The lowest BCUT2D eigenvalue weighted by atomic mass is 9.83. The Balaban J connectivity index is 1.67. The molecule has 1 amide bonds. The van der Waals surface area contributed by atoms with E-state index < -0.39 is 69.4 Å². The van der Waals surface area contributed by atoms with Crippen molar-refractivity contribution in [3.05, 3.63) is 0 Å². The number of alkyl halides is 3. The molecule has 0 aromatic rings. The number of nitrogens with one attached hydrogen (secondary N) is 1. The van der Waals surface area contributed by atoms with Crippen LogP contribution in [-0.2, 0) is 28.6 Å². The minimum atomic E-state index is -4.95. The van der Waals surface area contributed by atoms with Gasteiger partial charge in [0.25, 0.3) is 10.1 Å². The normalized spacial score (nSPS) is 36.7. The first kappa shape index (κ1) is 20.4. The van der Waals surface area contributed by atoms with Gasteiger partial charge in [-0.25, -0.2) is 0 Å². The molecule has 2 aliphatic carbocycles. The summed E-state index contributed by atoms with van der Waals surface area (Å²) in [5.74, 6) is -3.21. The first-order valence-corrected chi connectivity index (χ1v) is 10.1. The Hall–Kier alpha value is -1.36. The molecule has 0 radical (unpaired) electrons. The van der Waals surface area contributed by atoms with Gasteiger partial charge in [-0.1, -0.05) is 20.8 Å². The van der Waals surface area contributed by atoms with Crippen molar-refractivity contribution in [1.82, 2.24) is 5.32 Å². The van der Waals surface area contributed by atoms with E-state index in [1.807, 2.05) is 6.92 Å². The number of esters is 1. The second-order valence-electron chi connectivity index (χ2n) is 8.08. The third-order valence-electron chi connectivity index (χ3n) is 6.23. The standard InChI is InChI=1S/C16H22F3NO6S/c1-4-14(2,3)13(22)20-7-10(21)25-11-8-5-9-12(11)26-27(23,24)15(9,6-8)16(17,18)19/h8-9,11-12H,4-7H2,1-3H3,(H,20,22). The van der Waals surface area contributed by atoms with E-state index >= 15 is 0 Å². The molecule has 27 heavy (non-hydrogen) atoms. The highest BCUT2D eigenvalue weighted by atomic mass is 32.2. The number of carbonyl (C=O) groups excluding carboxylic acids is 2. The molecule has 5 atom stereocenters. The van der Waals surface area contributed by atoms with Gasteiger partial charge in [0.05, 0.1) is 0 Å². The van der Waals surface area contributed by atoms with Crippen molar-refractivity contribution in [3.63, 3.8) is 0 Å². The quantitative estimate of drug-likeness (QED) is 0.542. The maximum absolute atomic E-state index is 13.5. The van der Waals surface area contributed by atoms with Gasteiger partial charge >= 0.3 is 12.1 Å². The predicted octanol–water partition coefficient (Wildman–Crippen LogP) is 1.52. The fourth-order valence-corrected chi connectivity index (χ4v) is 6.32. The van der Waals surface area contributed by atoms with Gasteiger partial charge in [0.1, 0.15) is 18.8 Å². The number of amides is 1. The zero-order valence-electron chi connectivity index (χ0n) is 15.1. The molecule has 2 saturated carbocycles. The van der Waals surface area contributed by atoms with Crippen LogP contribution in [0, 0.1) is 17.3 Å². The zero-order chi connectivity index (χ0) is 20.4. The van der Waals surface area contributed by atoms with Gasteiger partial charge in [-0.05, 0) is 19.3 Å². The number of halogens is 3. The summed E-state index contributed by atoms with van der Waals surface area (Å²) in [6, 6.07) is 0. The molecule has 0 aromatic heterocycles. The Morgan fingerprint density at radius 3 is 2.48 bits per heavy atom. The van der Waals surface area contributed by atoms with Gasteiger partial charge < -0.3 is 10.1 Å². The molecule has 3 rings (SSSR count). The third-order valence-corrected chi connectivity index (χ3v) is 8.30. The lowest BCUT2D eigenvalue weighted by Crippen LogP contribution is -2.54. The maximum Gasteiger partial charge on any atom is 0.410 e. The molecule has 7 nitrogen and oxygen atoms in total. The second kappa shape index (κ2) is 6.07. The van der Waals surface area contributed by atoms with Crippen LogP contribution in [0.15, 0.2) is 0 Å². The van der Waals surface area contributed by atoms with E-state index in [1.54, 1.807) is 13.8 Å². The summed E-state index contributed by atoms with van der Waals surface area (Å²) in [7, 11) is -4.85. The molecule has 1 heterocycles. The Bertz CT molecular complexity index is 765. The first-order chi connectivity index (χ1) is 12.3. The van der Waals surface area contributed by atoms with Crippen molar-refractivity contribution in [2.45, 2.75) is 63.2 Å². The van der Waals surface area contributed by atoms with Crippen LogP contribution in [0.25, 0.3) is 0 Å². The largest absolute Gasteiger partial charge is 0.458 e. The molecule has 154 valence electrons. The van der Waals surface area contributed by atoms with Gasteiger partial charge in [0.2, 0.25) is 5.91 Å². The van der Waals surface area contributed by atoms with Crippen LogP contribution in [0.1, 0.15) is 40.0 Å². The van der Waals surface area contributed by atoms with E-state index in [1.165, 1.54) is 0 Å². The fraction of sp³-hybridized carbons (Fsp3) is 0.875. The number of fused-ring (bicyclic) bond motifs is 1. The fourth-order valence-electron chi connectivity index (χ4n) is 4.31. The Labute approximate surface area is 155 Å². The SMILES string of the molecule is CCC(C)(C)C(=O)NCC(=O)OC1C2CC3C1OS(=O)(=O)C3(C(F)(F)F)C2. The summed E-state index contributed by atoms with van der Waals surface area (Å²) in [5, 5.41) is 2.43. The summed E-state index contributed by atoms with van der Waals surface area (Å²) in [6.07, 6.45) is -7.50. The molecule has 11 heteroatoms. The molecule has 1 saturated heterocycles. The van der Waals surface area contributed by atoms with E-state index in [4.69, 9.17) is 8.92 Å². The molecule has 5 unspecified atom stereocenters. The van der Waals surface area contributed by atoms with Crippen LogP contribution in [0.2, 0.25) is 0 Å². The minimum absolute atomic E-state index is 0.0312. The van der Waals surface area contributed by atoms with Crippen molar-refractivity contribution in [1.29, 1.82) is 0 Å². The van der Waals surface area contributed by atoms with Crippen LogP contribution in [-0.4, -0.2) is 50.0 Å². The Morgan fingerprint density at radius 2 is 1.93 bits per heavy atom. The van der Waals surface area contributed by atoms with Crippen molar-refractivity contribution >= 4 is 22.0 Å². The van der Waals surface area contributed by atoms with Crippen LogP contribution in [0.4, 0.5) is 13.2 Å². The Morgan fingerprint density at radius 1 is 1.30 bits per heavy atom. The van der Waals surface area contributed by atoms with Crippen LogP contribution in [0.3, 0.4) is 0 Å². The molecular formula is C16H22F3NO6S. The zero-order valence-corrected chi connectivity index (χ0v) is 15.9. The summed E-state index contributed by atoms with van der Waals surface area (Å²) in [6.45, 7) is 4.78. The van der Waals surface area contributed by atoms with Gasteiger partial charge in [0, 0.05) is 17.3 Å². The van der Waals surface area contributed by atoms with E-state index in [0.717, 1.165) is 0 Å². The number of hydrogen-bond donors (Lipinski definition) is 1. The van der Waals surface area contributed by atoms with Crippen molar-refractivity contribution < 1.29 is 40.1 Å². The smallest absolute Gasteiger partial charge is 0.410 e. The number of rotatable bonds is 5. The average molecular weight is 413 g/mol. The van der Waals surface area contributed by atoms with Crippen molar-refractivity contribution in [3.8, 4) is 0 Å². The van der Waals surface area contributed by atoms with Gasteiger partial charge in [-0.3, -0.25) is 13.8 Å². The monoisotopic (exact) mass is 413 g/mol. The third kappa shape index (κ3) is 2.84. The predicted molar refractivity (Wildman–Crippen MR) is 85.8 cm³/mol. The summed E-state index contributed by atoms with van der Waals surface area (Å²) >= 11 is 0. The lowest BCUT2D eigenvalue weighted by Gasteiger charge is -2.33. The molecule has 1 N–H and O–H groups in total. The molecule has 0 aromatic carbocycles. The van der Waals surface area contributed by atoms with Gasteiger partial charge in [0.15, 0.2) is 4.75 Å². The van der Waals surface area contributed by atoms with Crippen molar-refractivity contribution in [2.24, 2.45) is 17.3 Å². The Kier molecular flexibility index (Phi) is 4.58. The summed E-state index contributed by atoms with van der Waals surface area (Å²) in [5.41, 5.74) is -0.679. The van der Waals surface area contributed by atoms with Crippen LogP contribution >= 0.6 is 0 Å². The van der Waals surface area contributed by atoms with Crippen LogP contribution < -0.4 is 5.32 Å². The summed E-state index contributed by atoms with van der Waals surface area (Å²) in [4.78, 5) is 24.0. The lowest BCUT2D eigenvalue weighted by molar-refractivity contribution is -0.181. The van der Waals surface area contributed by atoms with Gasteiger partial charge in [-0.15, -0.1) is 0 Å². The number of hydrogen-bond acceptors (Lipinski definition) is 6. The molecule has 3 aliphatic rings. The molecular weight excluding hydrogens is 391 g/mol. The highest BCUT2D eigenvalue weighted by Gasteiger charge is 2.82. The van der Waals surface area contributed by atoms with Gasteiger partial charge in [-0.2, -0.15) is 21.6 Å². The highest BCUT2D eigenvalue weighted by Crippen LogP contribution is 2.66. The molecule has 2 bridgehead atoms. The first-order valence-electron chi connectivity index (χ1n) is 8.74. The van der Waals surface area contributed by atoms with Crippen molar-refractivity contribution in [2.75, 3.05) is 6.54 Å². The second-order valence-corrected chi connectivity index (χ2v) is 9.91. The molecule has 1 aliphatic heterocycles. The van der Waals surface area contributed by atoms with E-state index in [2.05, 4.69) is 5.32 Å². The maximum atomic E-state index is 13.5. The number of carbonyl (C=O) groups is 2. The highest BCUT2D eigenvalue weighted by molar-refractivity contribution is 7.88. The van der Waals surface area contributed by atoms with Crippen LogP contribution in [0.5, 0.6) is 0 Å². The topological polar surface area (TPSA) is 98.8 Å². The number of ether oxygens (including phenoxy) is 1. The molecule has 0 spiro atoms. The minimum Gasteiger partial charge on any atom is -0.458 e. The summed E-state index contributed by atoms with van der Waals surface area (Å²) < 4.78 is 71.8. The van der Waals surface area contributed by atoms with E-state index in [0.29, 0.717) is 6.42 Å². The van der Waals surface area contributed by atoms with E-state index in [9.17, 15) is 31.2 Å². The average Bonchev–Trinajstić information content (AvgIpc) is 3.13. The van der Waals surface area contributed by atoms with E-state index in [-0.39, 0.29) is 12.3 Å².